The van der Waals surface area contributed by atoms with E-state index in [1.54, 1.807) is 6.07 Å². The minimum atomic E-state index is -0.314. The first-order valence-electron chi connectivity index (χ1n) is 6.34. The Bertz CT molecular complexity index is 422. The molecule has 2 heterocycles. The Hall–Kier alpha value is -1.33. The lowest BCUT2D eigenvalue weighted by atomic mass is 9.93. The highest BCUT2D eigenvalue weighted by Crippen LogP contribution is 2.16. The summed E-state index contributed by atoms with van der Waals surface area (Å²) in [6.45, 7) is 3.98. The molecule has 0 aromatic carbocycles. The van der Waals surface area contributed by atoms with Gasteiger partial charge in [0.15, 0.2) is 5.69 Å². The predicted molar refractivity (Wildman–Crippen MR) is 75.7 cm³/mol. The summed E-state index contributed by atoms with van der Waals surface area (Å²) in [5, 5.41) is 15.8. The molecular formula is C13H20ClN3O2. The molecule has 1 saturated heterocycles. The van der Waals surface area contributed by atoms with Crippen LogP contribution in [0, 0.1) is 5.92 Å². The van der Waals surface area contributed by atoms with E-state index < -0.39 is 0 Å². The van der Waals surface area contributed by atoms with Gasteiger partial charge >= 0.3 is 0 Å². The lowest BCUT2D eigenvalue weighted by Crippen LogP contribution is -2.44. The molecule has 106 valence electrons. The molecule has 0 radical (unpaired) electrons. The summed E-state index contributed by atoms with van der Waals surface area (Å²) in [6, 6.07) is 3.14. The second-order valence-corrected chi connectivity index (χ2v) is 4.74. The van der Waals surface area contributed by atoms with Gasteiger partial charge in [-0.3, -0.25) is 4.79 Å². The van der Waals surface area contributed by atoms with Crippen LogP contribution in [0.1, 0.15) is 30.3 Å². The number of rotatable bonds is 3. The first-order chi connectivity index (χ1) is 8.68. The molecule has 1 amide bonds. The number of hydrogen-bond acceptors (Lipinski definition) is 4. The quantitative estimate of drug-likeness (QED) is 0.783. The molecular weight excluding hydrogens is 266 g/mol. The van der Waals surface area contributed by atoms with Gasteiger partial charge in [-0.1, -0.05) is 0 Å². The summed E-state index contributed by atoms with van der Waals surface area (Å²) in [4.78, 5) is 15.9. The van der Waals surface area contributed by atoms with Crippen LogP contribution in [-0.4, -0.2) is 35.1 Å². The molecule has 0 spiro atoms. The number of pyridine rings is 1. The molecule has 2 rings (SSSR count). The minimum Gasteiger partial charge on any atom is -0.505 e. The standard InChI is InChI=1S/C13H19N3O2.ClH/c1-9(10-4-2-6-14-8-10)16-13(18)12-11(17)5-3-7-15-12;/h3,5,7,9-10,14,17H,2,4,6,8H2,1H3,(H,16,18);1H. The summed E-state index contributed by atoms with van der Waals surface area (Å²) in [5.74, 6) is 0.0451. The summed E-state index contributed by atoms with van der Waals surface area (Å²) < 4.78 is 0. The number of amides is 1. The Kier molecular flexibility index (Phi) is 6.05. The number of nitrogens with zero attached hydrogens (tertiary/aromatic N) is 1. The van der Waals surface area contributed by atoms with E-state index >= 15 is 0 Å². The number of aromatic nitrogens is 1. The third kappa shape index (κ3) is 4.08. The molecule has 6 heteroatoms. The van der Waals surface area contributed by atoms with E-state index in [-0.39, 0.29) is 35.8 Å². The second-order valence-electron chi connectivity index (χ2n) is 4.74. The van der Waals surface area contributed by atoms with Crippen LogP contribution in [0.3, 0.4) is 0 Å². The van der Waals surface area contributed by atoms with Gasteiger partial charge in [-0.25, -0.2) is 4.98 Å². The van der Waals surface area contributed by atoms with E-state index in [1.165, 1.54) is 12.3 Å². The maximum absolute atomic E-state index is 12.0. The molecule has 0 saturated carbocycles. The van der Waals surface area contributed by atoms with Gasteiger partial charge in [-0.15, -0.1) is 12.4 Å². The number of carbonyl (C=O) groups is 1. The van der Waals surface area contributed by atoms with E-state index in [1.807, 2.05) is 6.92 Å². The molecule has 1 aliphatic heterocycles. The van der Waals surface area contributed by atoms with Crippen LogP contribution in [0.2, 0.25) is 0 Å². The smallest absolute Gasteiger partial charge is 0.273 e. The van der Waals surface area contributed by atoms with Crippen LogP contribution >= 0.6 is 12.4 Å². The number of carbonyl (C=O) groups excluding carboxylic acids is 1. The van der Waals surface area contributed by atoms with Crippen LogP contribution in [0.15, 0.2) is 18.3 Å². The number of nitrogens with one attached hydrogen (secondary N) is 2. The van der Waals surface area contributed by atoms with Gasteiger partial charge in [0.25, 0.3) is 5.91 Å². The molecule has 1 aromatic rings. The number of hydrogen-bond donors (Lipinski definition) is 3. The highest BCUT2D eigenvalue weighted by molar-refractivity contribution is 5.94. The van der Waals surface area contributed by atoms with Gasteiger partial charge in [-0.05, 0) is 50.9 Å². The van der Waals surface area contributed by atoms with E-state index in [9.17, 15) is 9.90 Å². The zero-order chi connectivity index (χ0) is 13.0. The van der Waals surface area contributed by atoms with E-state index in [2.05, 4.69) is 15.6 Å². The predicted octanol–water partition coefficient (Wildman–Crippen LogP) is 1.33. The van der Waals surface area contributed by atoms with Gasteiger partial charge in [0.1, 0.15) is 5.75 Å². The van der Waals surface area contributed by atoms with Crippen molar-refractivity contribution in [2.45, 2.75) is 25.8 Å². The lowest BCUT2D eigenvalue weighted by Gasteiger charge is -2.28. The van der Waals surface area contributed by atoms with Crippen molar-refractivity contribution in [1.82, 2.24) is 15.6 Å². The van der Waals surface area contributed by atoms with Crippen molar-refractivity contribution in [2.24, 2.45) is 5.92 Å². The van der Waals surface area contributed by atoms with Crippen molar-refractivity contribution < 1.29 is 9.90 Å². The fourth-order valence-electron chi connectivity index (χ4n) is 2.27. The van der Waals surface area contributed by atoms with Crippen LogP contribution < -0.4 is 10.6 Å². The Morgan fingerprint density at radius 3 is 3.05 bits per heavy atom. The van der Waals surface area contributed by atoms with Crippen molar-refractivity contribution in [3.63, 3.8) is 0 Å². The van der Waals surface area contributed by atoms with Crippen molar-refractivity contribution in [1.29, 1.82) is 0 Å². The monoisotopic (exact) mass is 285 g/mol. The minimum absolute atomic E-state index is 0. The summed E-state index contributed by atoms with van der Waals surface area (Å²) >= 11 is 0. The lowest BCUT2D eigenvalue weighted by molar-refractivity contribution is 0.0914. The Balaban J connectivity index is 0.00000180. The third-order valence-electron chi connectivity index (χ3n) is 3.40. The maximum atomic E-state index is 12.0. The fourth-order valence-corrected chi connectivity index (χ4v) is 2.27. The van der Waals surface area contributed by atoms with Crippen molar-refractivity contribution >= 4 is 18.3 Å². The molecule has 5 nitrogen and oxygen atoms in total. The van der Waals surface area contributed by atoms with E-state index in [0.717, 1.165) is 25.9 Å². The zero-order valence-corrected chi connectivity index (χ0v) is 11.7. The van der Waals surface area contributed by atoms with Gasteiger partial charge < -0.3 is 15.7 Å². The molecule has 3 N–H and O–H groups in total. The highest BCUT2D eigenvalue weighted by atomic mass is 35.5. The largest absolute Gasteiger partial charge is 0.505 e. The normalized spacial score (nSPS) is 20.2. The molecule has 2 unspecified atom stereocenters. The Morgan fingerprint density at radius 2 is 2.42 bits per heavy atom. The average molecular weight is 286 g/mol. The number of aromatic hydroxyl groups is 1. The first kappa shape index (κ1) is 15.7. The van der Waals surface area contributed by atoms with E-state index in [0.29, 0.717) is 5.92 Å². The van der Waals surface area contributed by atoms with Gasteiger partial charge in [0, 0.05) is 12.2 Å². The van der Waals surface area contributed by atoms with Crippen molar-refractivity contribution in [3.05, 3.63) is 24.0 Å². The molecule has 1 aliphatic rings. The zero-order valence-electron chi connectivity index (χ0n) is 10.9. The second kappa shape index (κ2) is 7.31. The van der Waals surface area contributed by atoms with Crippen molar-refractivity contribution in [2.75, 3.05) is 13.1 Å². The molecule has 0 aliphatic carbocycles. The Morgan fingerprint density at radius 1 is 1.63 bits per heavy atom. The van der Waals surface area contributed by atoms with Gasteiger partial charge in [0.05, 0.1) is 0 Å². The van der Waals surface area contributed by atoms with Crippen LogP contribution in [0.25, 0.3) is 0 Å². The number of halogens is 1. The van der Waals surface area contributed by atoms with Gasteiger partial charge in [0.2, 0.25) is 0 Å². The van der Waals surface area contributed by atoms with Crippen LogP contribution in [0.4, 0.5) is 0 Å². The molecule has 1 aromatic heterocycles. The van der Waals surface area contributed by atoms with Crippen LogP contribution in [-0.2, 0) is 0 Å². The molecule has 1 fully saturated rings. The third-order valence-corrected chi connectivity index (χ3v) is 3.40. The average Bonchev–Trinajstić information content (AvgIpc) is 2.40. The summed E-state index contributed by atoms with van der Waals surface area (Å²) in [5.41, 5.74) is 0.0909. The highest BCUT2D eigenvalue weighted by Gasteiger charge is 2.22. The van der Waals surface area contributed by atoms with E-state index in [4.69, 9.17) is 0 Å². The van der Waals surface area contributed by atoms with Crippen LogP contribution in [0.5, 0.6) is 5.75 Å². The first-order valence-corrected chi connectivity index (χ1v) is 6.34. The summed E-state index contributed by atoms with van der Waals surface area (Å²) in [7, 11) is 0. The van der Waals surface area contributed by atoms with Gasteiger partial charge in [-0.2, -0.15) is 0 Å². The molecule has 19 heavy (non-hydrogen) atoms. The SMILES string of the molecule is CC(NC(=O)c1ncccc1O)C1CCCNC1.Cl. The summed E-state index contributed by atoms with van der Waals surface area (Å²) in [6.07, 6.45) is 3.75. The fraction of sp³-hybridized carbons (Fsp3) is 0.538. The molecule has 2 atom stereocenters. The topological polar surface area (TPSA) is 74.2 Å². The maximum Gasteiger partial charge on any atom is 0.273 e. The number of piperidine rings is 1. The van der Waals surface area contributed by atoms with Crippen molar-refractivity contribution in [3.8, 4) is 5.75 Å². The Labute approximate surface area is 119 Å². The molecule has 0 bridgehead atoms.